The van der Waals surface area contributed by atoms with Crippen molar-refractivity contribution in [3.8, 4) is 45.4 Å². The predicted octanol–water partition coefficient (Wildman–Crippen LogP) is 21.0. The normalized spacial score (nSPS) is 12.4. The van der Waals surface area contributed by atoms with Gasteiger partial charge in [-0.25, -0.2) is 9.97 Å². The topological polar surface area (TPSA) is 45.5 Å². The molecule has 0 bridgehead atoms. The summed E-state index contributed by atoms with van der Waals surface area (Å²) in [5, 5.41) is 15.3. The lowest BCUT2D eigenvalue weighted by molar-refractivity contribution is 0.591. The summed E-state index contributed by atoms with van der Waals surface area (Å²) in [5.41, 5.74) is 18.5. The lowest BCUT2D eigenvalue weighted by Gasteiger charge is -2.19. The summed E-state index contributed by atoms with van der Waals surface area (Å²) in [7, 11) is 0. The van der Waals surface area contributed by atoms with Gasteiger partial charge in [-0.15, -0.1) is 0 Å². The SMILES string of the molecule is CC(C)(C)c1ccc2cc(-c3nc(-c4cc(-n5c6ccccc6c6cc(-n7c8ccccc8c8ccccc87)ccc65)cc(-n5c6ccccc6c6cc(-n7c8ccccc8c8ccccc87)ccc65)c4)nc4c3ccc3ccccc34)ccc2c1. The van der Waals surface area contributed by atoms with E-state index in [9.17, 15) is 0 Å². The first-order chi connectivity index (χ1) is 42.3. The summed E-state index contributed by atoms with van der Waals surface area (Å²) in [6, 6.07) is 100. The molecule has 0 unspecified atom stereocenters. The number of rotatable bonds is 6. The van der Waals surface area contributed by atoms with Crippen molar-refractivity contribution >= 4 is 120 Å². The Labute approximate surface area is 495 Å². The number of aromatic nitrogens is 6. The summed E-state index contributed by atoms with van der Waals surface area (Å²) < 4.78 is 9.74. The molecule has 0 aliphatic rings. The van der Waals surface area contributed by atoms with E-state index in [1.807, 2.05) is 0 Å². The number of benzene rings is 13. The fourth-order valence-corrected chi connectivity index (χ4v) is 14.2. The van der Waals surface area contributed by atoms with Crippen molar-refractivity contribution in [2.75, 3.05) is 0 Å². The van der Waals surface area contributed by atoms with E-state index in [2.05, 4.69) is 312 Å². The number of fused-ring (bicyclic) bond motifs is 16. The molecule has 0 N–H and O–H groups in total. The molecular formula is C80H54N6. The second-order valence-corrected chi connectivity index (χ2v) is 24.2. The Morgan fingerprint density at radius 1 is 0.256 bits per heavy atom. The number of hydrogen-bond acceptors (Lipinski definition) is 2. The van der Waals surface area contributed by atoms with E-state index in [0.717, 1.165) is 83.3 Å². The van der Waals surface area contributed by atoms with Crippen LogP contribution in [0.4, 0.5) is 0 Å². The molecule has 404 valence electrons. The van der Waals surface area contributed by atoms with Gasteiger partial charge in [0.2, 0.25) is 0 Å². The number of nitrogens with zero attached hydrogens (tertiary/aromatic N) is 6. The third kappa shape index (κ3) is 7.20. The average Bonchev–Trinajstić information content (AvgIpc) is 1.87. The average molecular weight is 1100 g/mol. The molecule has 0 saturated carbocycles. The smallest absolute Gasteiger partial charge is 0.160 e. The van der Waals surface area contributed by atoms with Crippen molar-refractivity contribution in [1.29, 1.82) is 0 Å². The highest BCUT2D eigenvalue weighted by molar-refractivity contribution is 6.15. The van der Waals surface area contributed by atoms with Crippen molar-refractivity contribution in [3.05, 3.63) is 279 Å². The van der Waals surface area contributed by atoms with Crippen LogP contribution in [0.5, 0.6) is 0 Å². The van der Waals surface area contributed by atoms with Crippen LogP contribution in [0.25, 0.3) is 165 Å². The first kappa shape index (κ1) is 48.5. The zero-order valence-electron chi connectivity index (χ0n) is 47.7. The van der Waals surface area contributed by atoms with Crippen molar-refractivity contribution in [3.63, 3.8) is 0 Å². The van der Waals surface area contributed by atoms with Crippen LogP contribution in [0.1, 0.15) is 26.3 Å². The highest BCUT2D eigenvalue weighted by Gasteiger charge is 2.23. The Hall–Kier alpha value is -11.1. The van der Waals surface area contributed by atoms with E-state index in [1.54, 1.807) is 0 Å². The van der Waals surface area contributed by atoms with Gasteiger partial charge in [0.15, 0.2) is 5.82 Å². The predicted molar refractivity (Wildman–Crippen MR) is 361 cm³/mol. The zero-order chi connectivity index (χ0) is 56.9. The van der Waals surface area contributed by atoms with Gasteiger partial charge < -0.3 is 18.3 Å². The molecular weight excluding hydrogens is 1040 g/mol. The van der Waals surface area contributed by atoms with E-state index in [4.69, 9.17) is 9.97 Å². The van der Waals surface area contributed by atoms with E-state index in [-0.39, 0.29) is 5.41 Å². The van der Waals surface area contributed by atoms with Crippen LogP contribution < -0.4 is 0 Å². The highest BCUT2D eigenvalue weighted by Crippen LogP contribution is 2.43. The molecule has 86 heavy (non-hydrogen) atoms. The van der Waals surface area contributed by atoms with Gasteiger partial charge in [-0.2, -0.15) is 0 Å². The van der Waals surface area contributed by atoms with Gasteiger partial charge in [0.1, 0.15) is 0 Å². The number of hydrogen-bond donors (Lipinski definition) is 0. The molecule has 5 heterocycles. The van der Waals surface area contributed by atoms with Gasteiger partial charge in [0.05, 0.1) is 55.3 Å². The molecule has 0 saturated heterocycles. The first-order valence-corrected chi connectivity index (χ1v) is 29.7. The van der Waals surface area contributed by atoms with E-state index >= 15 is 0 Å². The molecule has 0 spiro atoms. The second-order valence-electron chi connectivity index (χ2n) is 24.2. The Kier molecular flexibility index (Phi) is 10.3. The summed E-state index contributed by atoms with van der Waals surface area (Å²) in [6.45, 7) is 6.83. The molecule has 13 aromatic carbocycles. The maximum Gasteiger partial charge on any atom is 0.160 e. The maximum atomic E-state index is 5.75. The molecule has 6 heteroatoms. The van der Waals surface area contributed by atoms with Crippen molar-refractivity contribution in [2.24, 2.45) is 0 Å². The molecule has 18 aromatic rings. The molecule has 0 amide bonds. The molecule has 6 nitrogen and oxygen atoms in total. The van der Waals surface area contributed by atoms with Crippen LogP contribution in [0.2, 0.25) is 0 Å². The lowest BCUT2D eigenvalue weighted by atomic mass is 9.85. The van der Waals surface area contributed by atoms with E-state index in [1.165, 1.54) is 81.5 Å². The standard InChI is InChI=1S/C80H54N6/c1-80(2,3)54-36-34-50-42-52(33-32-51(50)43-54)77-66-39-35-49-18-4-5-19-59(49)78(66)82-79(81-77)53-44-57(85-73-30-16-10-24-64(73)67-47-55(37-40-75(67)85)83-69-26-12-6-20-60(69)61-21-7-13-27-70(61)83)46-58(45-53)86-74-31-17-11-25-65(74)68-48-56(38-41-76(68)86)84-71-28-14-8-22-62(71)63-23-9-15-29-72(63)84/h4-48H,1-3H3. The van der Waals surface area contributed by atoms with Crippen LogP contribution in [0.3, 0.4) is 0 Å². The van der Waals surface area contributed by atoms with Gasteiger partial charge in [-0.1, -0.05) is 191 Å². The fourth-order valence-electron chi connectivity index (χ4n) is 14.2. The molecule has 0 aliphatic carbocycles. The van der Waals surface area contributed by atoms with Gasteiger partial charge in [0.25, 0.3) is 0 Å². The molecule has 0 fully saturated rings. The minimum absolute atomic E-state index is 0.0321. The number of para-hydroxylation sites is 6. The Balaban J connectivity index is 0.910. The first-order valence-electron chi connectivity index (χ1n) is 29.7. The fraction of sp³-hybridized carbons (Fsp3) is 0.0500. The van der Waals surface area contributed by atoms with Crippen LogP contribution in [-0.4, -0.2) is 28.2 Å². The summed E-state index contributed by atoms with van der Waals surface area (Å²) in [4.78, 5) is 11.4. The van der Waals surface area contributed by atoms with Crippen LogP contribution in [0.15, 0.2) is 273 Å². The van der Waals surface area contributed by atoms with Crippen molar-refractivity contribution in [2.45, 2.75) is 26.2 Å². The minimum Gasteiger partial charge on any atom is -0.309 e. The van der Waals surface area contributed by atoms with Gasteiger partial charge >= 0.3 is 0 Å². The monoisotopic (exact) mass is 1100 g/mol. The molecule has 0 aliphatic heterocycles. The van der Waals surface area contributed by atoms with Crippen molar-refractivity contribution < 1.29 is 0 Å². The van der Waals surface area contributed by atoms with E-state index in [0.29, 0.717) is 5.82 Å². The largest absolute Gasteiger partial charge is 0.309 e. The zero-order valence-corrected chi connectivity index (χ0v) is 47.7. The van der Waals surface area contributed by atoms with Gasteiger partial charge in [-0.3, -0.25) is 0 Å². The Bertz CT molecular complexity index is 5540. The third-order valence-corrected chi connectivity index (χ3v) is 18.2. The molecule has 5 aromatic heterocycles. The molecule has 0 radical (unpaired) electrons. The van der Waals surface area contributed by atoms with Gasteiger partial charge in [-0.05, 0) is 130 Å². The summed E-state index contributed by atoms with van der Waals surface area (Å²) >= 11 is 0. The third-order valence-electron chi connectivity index (χ3n) is 18.2. The van der Waals surface area contributed by atoms with Crippen molar-refractivity contribution in [1.82, 2.24) is 28.2 Å². The van der Waals surface area contributed by atoms with E-state index < -0.39 is 0 Å². The quantitative estimate of drug-likeness (QED) is 0.156. The molecule has 18 rings (SSSR count). The van der Waals surface area contributed by atoms with Crippen LogP contribution in [0, 0.1) is 0 Å². The van der Waals surface area contributed by atoms with Crippen LogP contribution >= 0.6 is 0 Å². The molecule has 0 atom stereocenters. The minimum atomic E-state index is 0.0321. The highest BCUT2D eigenvalue weighted by atomic mass is 15.0. The Morgan fingerprint density at radius 3 is 1.14 bits per heavy atom. The van der Waals surface area contributed by atoms with Gasteiger partial charge in [0, 0.05) is 87.7 Å². The summed E-state index contributed by atoms with van der Waals surface area (Å²) in [6.07, 6.45) is 0. The second kappa shape index (κ2) is 18.2. The Morgan fingerprint density at radius 2 is 0.651 bits per heavy atom. The van der Waals surface area contributed by atoms with Crippen LogP contribution in [-0.2, 0) is 5.41 Å². The lowest BCUT2D eigenvalue weighted by Crippen LogP contribution is -2.10. The maximum absolute atomic E-state index is 5.75. The summed E-state index contributed by atoms with van der Waals surface area (Å²) in [5.74, 6) is 0.652.